The first-order valence-corrected chi connectivity index (χ1v) is 6.29. The van der Waals surface area contributed by atoms with Gasteiger partial charge in [-0.1, -0.05) is 26.0 Å². The molecule has 19 heavy (non-hydrogen) atoms. The van der Waals surface area contributed by atoms with E-state index in [1.165, 1.54) is 0 Å². The quantitative estimate of drug-likeness (QED) is 0.842. The molecular formula is C14H23ClN2O2. The fraction of sp³-hybridized carbons (Fsp3) is 0.500. The second kappa shape index (κ2) is 8.77. The van der Waals surface area contributed by atoms with Gasteiger partial charge in [0.15, 0.2) is 0 Å². The standard InChI is InChI=1S/C14H22N2O2.ClH/c1-4-18-12-7-5-6-11(8-12)9-16-14(17)13(15)10(2)3;/h5-8,10,13H,4,9,15H2,1-3H3,(H,16,17);1H. The average molecular weight is 287 g/mol. The van der Waals surface area contributed by atoms with Crippen LogP contribution in [0.25, 0.3) is 0 Å². The number of amides is 1. The van der Waals surface area contributed by atoms with E-state index in [1.54, 1.807) is 0 Å². The van der Waals surface area contributed by atoms with Crippen LogP contribution in [0.3, 0.4) is 0 Å². The van der Waals surface area contributed by atoms with Crippen molar-refractivity contribution in [3.63, 3.8) is 0 Å². The molecule has 1 aromatic carbocycles. The molecule has 0 aromatic heterocycles. The normalized spacial score (nSPS) is 11.6. The van der Waals surface area contributed by atoms with Gasteiger partial charge in [-0.15, -0.1) is 12.4 Å². The first kappa shape index (κ1) is 17.7. The lowest BCUT2D eigenvalue weighted by atomic mass is 10.0. The van der Waals surface area contributed by atoms with Crippen LogP contribution in [0.4, 0.5) is 0 Å². The summed E-state index contributed by atoms with van der Waals surface area (Å²) in [4.78, 5) is 11.7. The number of hydrogen-bond acceptors (Lipinski definition) is 3. The smallest absolute Gasteiger partial charge is 0.237 e. The van der Waals surface area contributed by atoms with Crippen LogP contribution < -0.4 is 15.8 Å². The van der Waals surface area contributed by atoms with E-state index in [9.17, 15) is 4.79 Å². The molecule has 0 fully saturated rings. The number of hydrogen-bond donors (Lipinski definition) is 2. The van der Waals surface area contributed by atoms with Crippen molar-refractivity contribution in [1.29, 1.82) is 0 Å². The molecule has 1 rings (SSSR count). The summed E-state index contributed by atoms with van der Waals surface area (Å²) < 4.78 is 5.40. The molecule has 0 aliphatic carbocycles. The van der Waals surface area contributed by atoms with Crippen LogP contribution in [-0.4, -0.2) is 18.6 Å². The van der Waals surface area contributed by atoms with Gasteiger partial charge in [0, 0.05) is 6.54 Å². The van der Waals surface area contributed by atoms with Crippen LogP contribution in [0.2, 0.25) is 0 Å². The van der Waals surface area contributed by atoms with Gasteiger partial charge in [0.25, 0.3) is 0 Å². The molecule has 1 amide bonds. The molecule has 1 atom stereocenters. The third-order valence-corrected chi connectivity index (χ3v) is 2.70. The monoisotopic (exact) mass is 286 g/mol. The summed E-state index contributed by atoms with van der Waals surface area (Å²) in [6.45, 7) is 6.91. The van der Waals surface area contributed by atoms with Gasteiger partial charge in [-0.2, -0.15) is 0 Å². The third-order valence-electron chi connectivity index (χ3n) is 2.70. The van der Waals surface area contributed by atoms with Crippen molar-refractivity contribution in [2.75, 3.05) is 6.61 Å². The first-order valence-electron chi connectivity index (χ1n) is 6.29. The molecule has 0 bridgehead atoms. The number of carbonyl (C=O) groups is 1. The van der Waals surface area contributed by atoms with Crippen LogP contribution in [0, 0.1) is 5.92 Å². The van der Waals surface area contributed by atoms with Gasteiger partial charge in [-0.3, -0.25) is 4.79 Å². The Bertz CT molecular complexity index is 397. The maximum atomic E-state index is 11.7. The van der Waals surface area contributed by atoms with Gasteiger partial charge in [0.2, 0.25) is 5.91 Å². The van der Waals surface area contributed by atoms with E-state index in [1.807, 2.05) is 45.0 Å². The molecule has 1 aromatic rings. The lowest BCUT2D eigenvalue weighted by molar-refractivity contribution is -0.123. The van der Waals surface area contributed by atoms with Crippen molar-refractivity contribution < 1.29 is 9.53 Å². The number of nitrogens with two attached hydrogens (primary N) is 1. The Kier molecular flexibility index (Phi) is 8.19. The molecular weight excluding hydrogens is 264 g/mol. The SMILES string of the molecule is CCOc1cccc(CNC(=O)C(N)C(C)C)c1.Cl. The fourth-order valence-corrected chi connectivity index (χ4v) is 1.52. The van der Waals surface area contributed by atoms with Crippen LogP contribution >= 0.6 is 12.4 Å². The van der Waals surface area contributed by atoms with Gasteiger partial charge in [0.1, 0.15) is 5.75 Å². The molecule has 0 saturated heterocycles. The predicted octanol–water partition coefficient (Wildman–Crippen LogP) is 2.11. The van der Waals surface area contributed by atoms with Crippen LogP contribution in [0.1, 0.15) is 26.3 Å². The summed E-state index contributed by atoms with van der Waals surface area (Å²) in [5, 5.41) is 2.83. The molecule has 0 saturated carbocycles. The Balaban J connectivity index is 0.00000324. The van der Waals surface area contributed by atoms with E-state index in [-0.39, 0.29) is 24.2 Å². The van der Waals surface area contributed by atoms with E-state index in [4.69, 9.17) is 10.5 Å². The van der Waals surface area contributed by atoms with E-state index < -0.39 is 6.04 Å². The topological polar surface area (TPSA) is 64.3 Å². The number of nitrogens with one attached hydrogen (secondary N) is 1. The van der Waals surface area contributed by atoms with Gasteiger partial charge in [-0.25, -0.2) is 0 Å². The maximum absolute atomic E-state index is 11.7. The Morgan fingerprint density at radius 3 is 2.68 bits per heavy atom. The van der Waals surface area contributed by atoms with Gasteiger partial charge < -0.3 is 15.8 Å². The van der Waals surface area contributed by atoms with Gasteiger partial charge in [0.05, 0.1) is 12.6 Å². The fourth-order valence-electron chi connectivity index (χ4n) is 1.52. The average Bonchev–Trinajstić information content (AvgIpc) is 2.36. The molecule has 0 heterocycles. The highest BCUT2D eigenvalue weighted by Crippen LogP contribution is 2.13. The van der Waals surface area contributed by atoms with Crippen LogP contribution in [-0.2, 0) is 11.3 Å². The number of rotatable bonds is 6. The maximum Gasteiger partial charge on any atom is 0.237 e. The van der Waals surface area contributed by atoms with Crippen molar-refractivity contribution in [1.82, 2.24) is 5.32 Å². The Morgan fingerprint density at radius 2 is 2.11 bits per heavy atom. The number of halogens is 1. The zero-order chi connectivity index (χ0) is 13.5. The molecule has 5 heteroatoms. The molecule has 4 nitrogen and oxygen atoms in total. The number of carbonyl (C=O) groups excluding carboxylic acids is 1. The minimum atomic E-state index is -0.458. The predicted molar refractivity (Wildman–Crippen MR) is 79.5 cm³/mol. The number of benzene rings is 1. The van der Waals surface area contributed by atoms with Crippen molar-refractivity contribution in [3.8, 4) is 5.75 Å². The van der Waals surface area contributed by atoms with E-state index in [0.717, 1.165) is 11.3 Å². The minimum absolute atomic E-state index is 0. The van der Waals surface area contributed by atoms with Gasteiger partial charge >= 0.3 is 0 Å². The van der Waals surface area contributed by atoms with E-state index in [0.29, 0.717) is 13.2 Å². The number of ether oxygens (including phenoxy) is 1. The van der Waals surface area contributed by atoms with Gasteiger partial charge in [-0.05, 0) is 30.5 Å². The minimum Gasteiger partial charge on any atom is -0.494 e. The Hall–Kier alpha value is -1.26. The first-order chi connectivity index (χ1) is 8.54. The summed E-state index contributed by atoms with van der Waals surface area (Å²) in [5.41, 5.74) is 6.77. The second-order valence-corrected chi connectivity index (χ2v) is 4.57. The van der Waals surface area contributed by atoms with E-state index >= 15 is 0 Å². The molecule has 0 aliphatic rings. The van der Waals surface area contributed by atoms with Crippen molar-refractivity contribution >= 4 is 18.3 Å². The summed E-state index contributed by atoms with van der Waals surface area (Å²) in [6, 6.07) is 7.22. The largest absolute Gasteiger partial charge is 0.494 e. The van der Waals surface area contributed by atoms with Crippen LogP contribution in [0.15, 0.2) is 24.3 Å². The highest BCUT2D eigenvalue weighted by Gasteiger charge is 2.16. The summed E-state index contributed by atoms with van der Waals surface area (Å²) in [5.74, 6) is 0.837. The highest BCUT2D eigenvalue weighted by molar-refractivity contribution is 5.85. The van der Waals surface area contributed by atoms with Crippen molar-refractivity contribution in [3.05, 3.63) is 29.8 Å². The molecule has 0 radical (unpaired) electrons. The Labute approximate surface area is 121 Å². The van der Waals surface area contributed by atoms with E-state index in [2.05, 4.69) is 5.32 Å². The highest BCUT2D eigenvalue weighted by atomic mass is 35.5. The Morgan fingerprint density at radius 1 is 1.42 bits per heavy atom. The molecule has 3 N–H and O–H groups in total. The second-order valence-electron chi connectivity index (χ2n) is 4.57. The lowest BCUT2D eigenvalue weighted by Crippen LogP contribution is -2.43. The van der Waals surface area contributed by atoms with Crippen molar-refractivity contribution in [2.45, 2.75) is 33.4 Å². The zero-order valence-corrected chi connectivity index (χ0v) is 12.5. The van der Waals surface area contributed by atoms with Crippen molar-refractivity contribution in [2.24, 2.45) is 11.7 Å². The lowest BCUT2D eigenvalue weighted by Gasteiger charge is -2.15. The molecule has 0 spiro atoms. The summed E-state index contributed by atoms with van der Waals surface area (Å²) in [7, 11) is 0. The zero-order valence-electron chi connectivity index (χ0n) is 11.7. The summed E-state index contributed by atoms with van der Waals surface area (Å²) >= 11 is 0. The molecule has 0 aliphatic heterocycles. The molecule has 1 unspecified atom stereocenters. The van der Waals surface area contributed by atoms with Crippen LogP contribution in [0.5, 0.6) is 5.75 Å². The summed E-state index contributed by atoms with van der Waals surface area (Å²) in [6.07, 6.45) is 0. The molecule has 108 valence electrons. The third kappa shape index (κ3) is 5.94.